The molecular weight excluding hydrogens is 262 g/mol. The van der Waals surface area contributed by atoms with Gasteiger partial charge in [0, 0.05) is 18.0 Å². The third-order valence-corrected chi connectivity index (χ3v) is 4.34. The molecule has 19 heavy (non-hydrogen) atoms. The van der Waals surface area contributed by atoms with E-state index < -0.39 is 0 Å². The van der Waals surface area contributed by atoms with Crippen molar-refractivity contribution in [3.63, 3.8) is 0 Å². The van der Waals surface area contributed by atoms with Gasteiger partial charge in [-0.05, 0) is 38.8 Å². The lowest BCUT2D eigenvalue weighted by Crippen LogP contribution is -2.40. The van der Waals surface area contributed by atoms with Crippen molar-refractivity contribution in [3.05, 3.63) is 21.9 Å². The van der Waals surface area contributed by atoms with Gasteiger partial charge in [0.05, 0.1) is 17.4 Å². The first kappa shape index (κ1) is 14.1. The topological polar surface area (TPSA) is 46.6 Å². The van der Waals surface area contributed by atoms with Crippen molar-refractivity contribution in [1.82, 2.24) is 4.90 Å². The number of carbonyl (C=O) groups is 2. The lowest BCUT2D eigenvalue weighted by atomic mass is 9.97. The molecule has 0 radical (unpaired) electrons. The highest BCUT2D eigenvalue weighted by atomic mass is 32.1. The van der Waals surface area contributed by atoms with Crippen LogP contribution in [0.2, 0.25) is 0 Å². The van der Waals surface area contributed by atoms with Gasteiger partial charge in [0.15, 0.2) is 0 Å². The molecule has 0 unspecified atom stereocenters. The number of esters is 1. The van der Waals surface area contributed by atoms with Crippen molar-refractivity contribution in [1.29, 1.82) is 0 Å². The van der Waals surface area contributed by atoms with Crippen LogP contribution in [-0.2, 0) is 9.53 Å². The van der Waals surface area contributed by atoms with Gasteiger partial charge in [0.2, 0.25) is 0 Å². The Morgan fingerprint density at radius 1 is 1.37 bits per heavy atom. The average Bonchev–Trinajstić information content (AvgIpc) is 2.85. The Hall–Kier alpha value is -1.36. The van der Waals surface area contributed by atoms with E-state index in [-0.39, 0.29) is 17.8 Å². The fraction of sp³-hybridized carbons (Fsp3) is 0.571. The van der Waals surface area contributed by atoms with Crippen LogP contribution in [0.25, 0.3) is 0 Å². The minimum absolute atomic E-state index is 0.0472. The molecular formula is C14H19NO3S. The van der Waals surface area contributed by atoms with Crippen LogP contribution in [-0.4, -0.2) is 36.5 Å². The molecule has 0 aliphatic carbocycles. The number of hydrogen-bond donors (Lipinski definition) is 0. The van der Waals surface area contributed by atoms with Crippen molar-refractivity contribution in [2.24, 2.45) is 5.92 Å². The molecule has 1 aliphatic rings. The van der Waals surface area contributed by atoms with Gasteiger partial charge in [-0.1, -0.05) is 0 Å². The summed E-state index contributed by atoms with van der Waals surface area (Å²) in [7, 11) is 0. The summed E-state index contributed by atoms with van der Waals surface area (Å²) in [6, 6.07) is 3.84. The smallest absolute Gasteiger partial charge is 0.309 e. The minimum atomic E-state index is -0.124. The van der Waals surface area contributed by atoms with E-state index in [1.54, 1.807) is 0 Å². The summed E-state index contributed by atoms with van der Waals surface area (Å²) in [4.78, 5) is 27.6. The normalized spacial score (nSPS) is 16.4. The van der Waals surface area contributed by atoms with Crippen molar-refractivity contribution >= 4 is 23.2 Å². The van der Waals surface area contributed by atoms with E-state index in [9.17, 15) is 9.59 Å². The number of hydrogen-bond acceptors (Lipinski definition) is 4. The van der Waals surface area contributed by atoms with E-state index in [2.05, 4.69) is 0 Å². The van der Waals surface area contributed by atoms with Gasteiger partial charge in [0.25, 0.3) is 5.91 Å². The highest BCUT2D eigenvalue weighted by Crippen LogP contribution is 2.23. The molecule has 0 saturated carbocycles. The molecule has 1 amide bonds. The first-order chi connectivity index (χ1) is 9.11. The highest BCUT2D eigenvalue weighted by molar-refractivity contribution is 7.13. The fourth-order valence-corrected chi connectivity index (χ4v) is 3.12. The Morgan fingerprint density at radius 3 is 2.58 bits per heavy atom. The van der Waals surface area contributed by atoms with Gasteiger partial charge >= 0.3 is 5.97 Å². The average molecular weight is 281 g/mol. The van der Waals surface area contributed by atoms with Crippen molar-refractivity contribution < 1.29 is 14.3 Å². The van der Waals surface area contributed by atoms with E-state index in [0.717, 1.165) is 9.75 Å². The van der Waals surface area contributed by atoms with Crippen molar-refractivity contribution in [2.75, 3.05) is 19.7 Å². The van der Waals surface area contributed by atoms with Crippen molar-refractivity contribution in [3.8, 4) is 0 Å². The summed E-state index contributed by atoms with van der Waals surface area (Å²) in [6.07, 6.45) is 1.41. The zero-order chi connectivity index (χ0) is 13.8. The third-order valence-electron chi connectivity index (χ3n) is 3.35. The van der Waals surface area contributed by atoms with Crippen LogP contribution in [0, 0.1) is 12.8 Å². The SMILES string of the molecule is CCOC(=O)C1CCN(C(=O)c2ccc(C)s2)CC1. The van der Waals surface area contributed by atoms with Gasteiger partial charge in [-0.15, -0.1) is 11.3 Å². The predicted molar refractivity (Wildman–Crippen MR) is 74.3 cm³/mol. The Kier molecular flexibility index (Phi) is 4.58. The first-order valence-corrected chi connectivity index (χ1v) is 7.45. The Morgan fingerprint density at radius 2 is 2.05 bits per heavy atom. The number of carbonyl (C=O) groups excluding carboxylic acids is 2. The van der Waals surface area contributed by atoms with Crippen LogP contribution in [0.1, 0.15) is 34.3 Å². The number of amides is 1. The first-order valence-electron chi connectivity index (χ1n) is 6.64. The second-order valence-electron chi connectivity index (χ2n) is 4.73. The van der Waals surface area contributed by atoms with Crippen LogP contribution in [0.4, 0.5) is 0 Å². The monoisotopic (exact) mass is 281 g/mol. The second kappa shape index (κ2) is 6.19. The number of nitrogens with zero attached hydrogens (tertiary/aromatic N) is 1. The van der Waals surface area contributed by atoms with Crippen LogP contribution < -0.4 is 0 Å². The molecule has 4 nitrogen and oxygen atoms in total. The molecule has 0 N–H and O–H groups in total. The summed E-state index contributed by atoms with van der Waals surface area (Å²) in [5, 5.41) is 0. The number of aryl methyl sites for hydroxylation is 1. The zero-order valence-corrected chi connectivity index (χ0v) is 12.2. The number of ether oxygens (including phenoxy) is 1. The zero-order valence-electron chi connectivity index (χ0n) is 11.3. The maximum absolute atomic E-state index is 12.2. The number of rotatable bonds is 3. The molecule has 5 heteroatoms. The Bertz CT molecular complexity index is 461. The molecule has 104 valence electrons. The molecule has 0 atom stereocenters. The maximum Gasteiger partial charge on any atom is 0.309 e. The quantitative estimate of drug-likeness (QED) is 0.800. The summed E-state index contributed by atoms with van der Waals surface area (Å²) in [5.74, 6) is -0.0870. The molecule has 1 saturated heterocycles. The lowest BCUT2D eigenvalue weighted by Gasteiger charge is -2.30. The molecule has 1 fully saturated rings. The van der Waals surface area contributed by atoms with Gasteiger partial charge in [-0.25, -0.2) is 0 Å². The minimum Gasteiger partial charge on any atom is -0.466 e. The van der Waals surface area contributed by atoms with Gasteiger partial charge in [-0.3, -0.25) is 9.59 Å². The van der Waals surface area contributed by atoms with Crippen LogP contribution >= 0.6 is 11.3 Å². The van der Waals surface area contributed by atoms with Gasteiger partial charge in [-0.2, -0.15) is 0 Å². The van der Waals surface area contributed by atoms with Crippen LogP contribution in [0.3, 0.4) is 0 Å². The maximum atomic E-state index is 12.2. The largest absolute Gasteiger partial charge is 0.466 e. The molecule has 0 bridgehead atoms. The van der Waals surface area contributed by atoms with E-state index in [1.165, 1.54) is 11.3 Å². The molecule has 0 aromatic carbocycles. The molecule has 1 aromatic rings. The number of piperidine rings is 1. The second-order valence-corrected chi connectivity index (χ2v) is 6.02. The summed E-state index contributed by atoms with van der Waals surface area (Å²) >= 11 is 1.52. The third kappa shape index (κ3) is 3.35. The van der Waals surface area contributed by atoms with E-state index >= 15 is 0 Å². The Balaban J connectivity index is 1.89. The van der Waals surface area contributed by atoms with Crippen LogP contribution in [0.15, 0.2) is 12.1 Å². The summed E-state index contributed by atoms with van der Waals surface area (Å²) in [6.45, 7) is 5.51. The van der Waals surface area contributed by atoms with E-state index in [0.29, 0.717) is 32.5 Å². The highest BCUT2D eigenvalue weighted by Gasteiger charge is 2.28. The van der Waals surface area contributed by atoms with E-state index in [4.69, 9.17) is 4.74 Å². The fourth-order valence-electron chi connectivity index (χ4n) is 2.28. The Labute approximate surface area is 117 Å². The molecule has 1 aliphatic heterocycles. The number of likely N-dealkylation sites (tertiary alicyclic amines) is 1. The molecule has 2 rings (SSSR count). The number of thiophene rings is 1. The van der Waals surface area contributed by atoms with Gasteiger partial charge < -0.3 is 9.64 Å². The lowest BCUT2D eigenvalue weighted by molar-refractivity contribution is -0.149. The molecule has 2 heterocycles. The molecule has 0 spiro atoms. The summed E-state index contributed by atoms with van der Waals surface area (Å²) in [5.41, 5.74) is 0. The molecule has 1 aromatic heterocycles. The van der Waals surface area contributed by atoms with Crippen LogP contribution in [0.5, 0.6) is 0 Å². The predicted octanol–water partition coefficient (Wildman–Crippen LogP) is 2.47. The van der Waals surface area contributed by atoms with Gasteiger partial charge in [0.1, 0.15) is 0 Å². The summed E-state index contributed by atoms with van der Waals surface area (Å²) < 4.78 is 5.02. The van der Waals surface area contributed by atoms with Crippen molar-refractivity contribution in [2.45, 2.75) is 26.7 Å². The standard InChI is InChI=1S/C14H19NO3S/c1-3-18-14(17)11-6-8-15(9-7-11)13(16)12-5-4-10(2)19-12/h4-5,11H,3,6-9H2,1-2H3. The van der Waals surface area contributed by atoms with E-state index in [1.807, 2.05) is 30.9 Å².